The Kier molecular flexibility index (Phi) is 5.33. The van der Waals surface area contributed by atoms with Gasteiger partial charge in [0.05, 0.1) is 19.6 Å². The predicted octanol–water partition coefficient (Wildman–Crippen LogP) is 1.70. The van der Waals surface area contributed by atoms with Crippen molar-refractivity contribution in [1.82, 2.24) is 25.0 Å². The van der Waals surface area contributed by atoms with E-state index in [1.54, 1.807) is 12.1 Å². The fourth-order valence-corrected chi connectivity index (χ4v) is 3.77. The van der Waals surface area contributed by atoms with Crippen molar-refractivity contribution in [3.05, 3.63) is 41.7 Å². The minimum Gasteiger partial charge on any atom is -0.493 e. The summed E-state index contributed by atoms with van der Waals surface area (Å²) in [7, 11) is 0. The highest BCUT2D eigenvalue weighted by Gasteiger charge is 2.28. The number of fused-ring (bicyclic) bond motifs is 1. The summed E-state index contributed by atoms with van der Waals surface area (Å²) in [6.07, 6.45) is 2.11. The molecule has 2 aromatic rings. The quantitative estimate of drug-likeness (QED) is 0.864. The highest BCUT2D eigenvalue weighted by atomic mass is 19.1. The summed E-state index contributed by atoms with van der Waals surface area (Å²) in [5.74, 6) is 2.62. The molecule has 0 radical (unpaired) electrons. The van der Waals surface area contributed by atoms with Crippen molar-refractivity contribution < 1.29 is 13.9 Å². The third-order valence-electron chi connectivity index (χ3n) is 5.24. The largest absolute Gasteiger partial charge is 0.493 e. The topological polar surface area (TPSA) is 72.3 Å². The molecule has 0 aliphatic carbocycles. The number of hydrogen-bond acceptors (Lipinski definition) is 5. The number of halogens is 1. The molecule has 0 spiro atoms. The van der Waals surface area contributed by atoms with Crippen molar-refractivity contribution in [2.45, 2.75) is 38.3 Å². The Labute approximate surface area is 157 Å². The van der Waals surface area contributed by atoms with Crippen molar-refractivity contribution in [2.75, 3.05) is 26.2 Å². The molecule has 1 amide bonds. The minimum absolute atomic E-state index is 0.0809. The number of ether oxygens (including phenoxy) is 1. The fourth-order valence-electron chi connectivity index (χ4n) is 3.77. The van der Waals surface area contributed by atoms with Crippen LogP contribution >= 0.6 is 0 Å². The zero-order chi connectivity index (χ0) is 18.6. The molecular weight excluding hydrogens is 349 g/mol. The number of benzene rings is 1. The molecule has 2 aliphatic rings. The number of nitrogens with zero attached hydrogens (tertiary/aromatic N) is 4. The normalized spacial score (nSPS) is 17.6. The molecule has 0 bridgehead atoms. The molecule has 8 heteroatoms. The molecule has 4 rings (SSSR count). The lowest BCUT2D eigenvalue weighted by Gasteiger charge is -2.32. The molecule has 1 aromatic carbocycles. The van der Waals surface area contributed by atoms with Gasteiger partial charge in [0.1, 0.15) is 23.2 Å². The van der Waals surface area contributed by atoms with Gasteiger partial charge in [0.2, 0.25) is 5.91 Å². The number of carbonyl (C=O) groups is 1. The van der Waals surface area contributed by atoms with Crippen LogP contribution in [0.15, 0.2) is 24.3 Å². The Morgan fingerprint density at radius 2 is 2.11 bits per heavy atom. The summed E-state index contributed by atoms with van der Waals surface area (Å²) in [5.41, 5.74) is 0. The number of carbonyl (C=O) groups excluding carboxylic acids is 1. The van der Waals surface area contributed by atoms with Crippen LogP contribution in [0.1, 0.15) is 36.8 Å². The number of hydrogen-bond donors (Lipinski definition) is 1. The lowest BCUT2D eigenvalue weighted by atomic mass is 9.95. The number of nitrogens with one attached hydrogen (secondary N) is 1. The number of likely N-dealkylation sites (tertiary alicyclic amines) is 1. The number of aromatic nitrogens is 3. The highest BCUT2D eigenvalue weighted by molar-refractivity contribution is 5.76. The van der Waals surface area contributed by atoms with Crippen LogP contribution in [0.3, 0.4) is 0 Å². The van der Waals surface area contributed by atoms with Gasteiger partial charge in [-0.05, 0) is 25.0 Å². The Balaban J connectivity index is 1.25. The van der Waals surface area contributed by atoms with E-state index in [1.807, 2.05) is 4.90 Å². The molecule has 0 atom stereocenters. The maximum absolute atomic E-state index is 13.1. The second-order valence-corrected chi connectivity index (χ2v) is 7.01. The van der Waals surface area contributed by atoms with Gasteiger partial charge in [-0.3, -0.25) is 4.79 Å². The first-order valence-corrected chi connectivity index (χ1v) is 9.49. The molecular formula is C19H24FN5O2. The summed E-state index contributed by atoms with van der Waals surface area (Å²) in [6.45, 7) is 4.34. The lowest BCUT2D eigenvalue weighted by Crippen LogP contribution is -2.39. The van der Waals surface area contributed by atoms with E-state index in [9.17, 15) is 9.18 Å². The van der Waals surface area contributed by atoms with Crippen LogP contribution in [0.2, 0.25) is 0 Å². The standard InChI is InChI=1S/C19H24FN5O2/c20-15-2-1-3-16(12-15)27-11-6-18(26)24-8-4-14(5-9-24)19-23-22-17-13-21-7-10-25(17)19/h1-3,12,14,21H,4-11,13H2. The van der Waals surface area contributed by atoms with Crippen LogP contribution in [-0.4, -0.2) is 51.8 Å². The Morgan fingerprint density at radius 1 is 1.26 bits per heavy atom. The van der Waals surface area contributed by atoms with Gasteiger partial charge in [-0.2, -0.15) is 0 Å². The number of amides is 1. The fraction of sp³-hybridized carbons (Fsp3) is 0.526. The van der Waals surface area contributed by atoms with Crippen LogP contribution < -0.4 is 10.1 Å². The van der Waals surface area contributed by atoms with E-state index in [1.165, 1.54) is 12.1 Å². The molecule has 1 aromatic heterocycles. The van der Waals surface area contributed by atoms with Gasteiger partial charge in [0.15, 0.2) is 0 Å². The van der Waals surface area contributed by atoms with Crippen LogP contribution in [0, 0.1) is 5.82 Å². The van der Waals surface area contributed by atoms with Crippen molar-refractivity contribution in [2.24, 2.45) is 0 Å². The maximum atomic E-state index is 13.1. The summed E-state index contributed by atoms with van der Waals surface area (Å²) in [5, 5.41) is 12.0. The van der Waals surface area contributed by atoms with Crippen LogP contribution in [0.5, 0.6) is 5.75 Å². The van der Waals surface area contributed by atoms with Crippen molar-refractivity contribution in [1.29, 1.82) is 0 Å². The zero-order valence-electron chi connectivity index (χ0n) is 15.2. The van der Waals surface area contributed by atoms with Gasteiger partial charge >= 0.3 is 0 Å². The van der Waals surface area contributed by atoms with Gasteiger partial charge in [0, 0.05) is 38.2 Å². The first-order chi connectivity index (χ1) is 13.2. The molecule has 144 valence electrons. The van der Waals surface area contributed by atoms with E-state index in [0.717, 1.165) is 57.2 Å². The van der Waals surface area contributed by atoms with E-state index in [-0.39, 0.29) is 18.3 Å². The second-order valence-electron chi connectivity index (χ2n) is 7.01. The smallest absolute Gasteiger partial charge is 0.225 e. The molecule has 27 heavy (non-hydrogen) atoms. The van der Waals surface area contributed by atoms with Gasteiger partial charge in [-0.25, -0.2) is 4.39 Å². The monoisotopic (exact) mass is 373 g/mol. The average molecular weight is 373 g/mol. The van der Waals surface area contributed by atoms with E-state index in [2.05, 4.69) is 20.1 Å². The van der Waals surface area contributed by atoms with Crippen molar-refractivity contribution in [3.8, 4) is 5.75 Å². The molecule has 1 fully saturated rings. The van der Waals surface area contributed by atoms with E-state index >= 15 is 0 Å². The molecule has 2 aliphatic heterocycles. The van der Waals surface area contributed by atoms with Crippen molar-refractivity contribution >= 4 is 5.91 Å². The number of rotatable bonds is 5. The van der Waals surface area contributed by atoms with Gasteiger partial charge in [-0.15, -0.1) is 10.2 Å². The predicted molar refractivity (Wildman–Crippen MR) is 96.8 cm³/mol. The van der Waals surface area contributed by atoms with E-state index < -0.39 is 0 Å². The molecule has 0 unspecified atom stereocenters. The summed E-state index contributed by atoms with van der Waals surface area (Å²) in [6, 6.07) is 5.97. The molecule has 7 nitrogen and oxygen atoms in total. The third-order valence-corrected chi connectivity index (χ3v) is 5.24. The first-order valence-electron chi connectivity index (χ1n) is 9.49. The molecule has 1 saturated heterocycles. The Morgan fingerprint density at radius 3 is 2.93 bits per heavy atom. The third kappa shape index (κ3) is 4.10. The molecule has 3 heterocycles. The molecule has 1 N–H and O–H groups in total. The van der Waals surface area contributed by atoms with E-state index in [4.69, 9.17) is 4.74 Å². The van der Waals surface area contributed by atoms with Crippen LogP contribution in [0.25, 0.3) is 0 Å². The minimum atomic E-state index is -0.340. The van der Waals surface area contributed by atoms with Gasteiger partial charge in [-0.1, -0.05) is 6.07 Å². The van der Waals surface area contributed by atoms with Crippen molar-refractivity contribution in [3.63, 3.8) is 0 Å². The lowest BCUT2D eigenvalue weighted by molar-refractivity contribution is -0.132. The van der Waals surface area contributed by atoms with Crippen LogP contribution in [-0.2, 0) is 17.9 Å². The summed E-state index contributed by atoms with van der Waals surface area (Å²) < 4.78 is 20.8. The maximum Gasteiger partial charge on any atom is 0.225 e. The second kappa shape index (κ2) is 8.04. The first kappa shape index (κ1) is 17.9. The SMILES string of the molecule is O=C(CCOc1cccc(F)c1)N1CCC(c2nnc3n2CCNC3)CC1. The van der Waals surface area contributed by atoms with E-state index in [0.29, 0.717) is 18.1 Å². The average Bonchev–Trinajstić information content (AvgIpc) is 3.12. The Hall–Kier alpha value is -2.48. The van der Waals surface area contributed by atoms with Gasteiger partial charge < -0.3 is 19.5 Å². The zero-order valence-corrected chi connectivity index (χ0v) is 15.2. The summed E-state index contributed by atoms with van der Waals surface area (Å²) in [4.78, 5) is 14.3. The highest BCUT2D eigenvalue weighted by Crippen LogP contribution is 2.28. The number of piperidine rings is 1. The van der Waals surface area contributed by atoms with Gasteiger partial charge in [0.25, 0.3) is 0 Å². The Bertz CT molecular complexity index is 801. The van der Waals surface area contributed by atoms with Crippen LogP contribution in [0.4, 0.5) is 4.39 Å². The molecule has 0 saturated carbocycles. The summed E-state index contributed by atoms with van der Waals surface area (Å²) >= 11 is 0.